The second-order valence-corrected chi connectivity index (χ2v) is 9.45. The smallest absolute Gasteiger partial charge is 0.165 e. The van der Waals surface area contributed by atoms with Crippen molar-refractivity contribution in [2.24, 2.45) is 0 Å². The summed E-state index contributed by atoms with van der Waals surface area (Å²) in [6, 6.07) is 27.7. The SMILES string of the molecule is COc1ccc2c(c1)CC[N@@+](CCc1ccccc1)([C@@H](Cc1ccc(C#N)cc1)c1ncc[nH]1)C2. The minimum absolute atomic E-state index is 0.178. The molecule has 2 heterocycles. The first-order chi connectivity index (χ1) is 17.2. The lowest BCUT2D eigenvalue weighted by atomic mass is 9.91. The molecular weight excluding hydrogens is 432 g/mol. The van der Waals surface area contributed by atoms with Gasteiger partial charge in [0.1, 0.15) is 12.3 Å². The highest BCUT2D eigenvalue weighted by Gasteiger charge is 2.42. The molecule has 0 saturated carbocycles. The van der Waals surface area contributed by atoms with Gasteiger partial charge in [-0.25, -0.2) is 4.98 Å². The third-order valence-electron chi connectivity index (χ3n) is 7.42. The van der Waals surface area contributed by atoms with Crippen LogP contribution in [0.2, 0.25) is 0 Å². The number of nitrogens with zero attached hydrogens (tertiary/aromatic N) is 3. The summed E-state index contributed by atoms with van der Waals surface area (Å²) in [4.78, 5) is 8.20. The van der Waals surface area contributed by atoms with Crippen molar-refractivity contribution in [3.8, 4) is 11.8 Å². The van der Waals surface area contributed by atoms with Gasteiger partial charge in [-0.15, -0.1) is 0 Å². The van der Waals surface area contributed by atoms with Crippen LogP contribution in [0.25, 0.3) is 0 Å². The topological polar surface area (TPSA) is 61.7 Å². The van der Waals surface area contributed by atoms with Crippen molar-refractivity contribution in [3.05, 3.63) is 119 Å². The van der Waals surface area contributed by atoms with Crippen molar-refractivity contribution >= 4 is 0 Å². The number of benzene rings is 3. The summed E-state index contributed by atoms with van der Waals surface area (Å²) in [5.74, 6) is 1.95. The maximum absolute atomic E-state index is 9.24. The highest BCUT2D eigenvalue weighted by atomic mass is 16.5. The molecule has 5 heteroatoms. The van der Waals surface area contributed by atoms with Crippen LogP contribution in [0, 0.1) is 11.3 Å². The molecule has 5 rings (SSSR count). The van der Waals surface area contributed by atoms with Crippen LogP contribution >= 0.6 is 0 Å². The fourth-order valence-electron chi connectivity index (χ4n) is 5.43. The number of aromatic nitrogens is 2. The number of nitriles is 1. The molecule has 35 heavy (non-hydrogen) atoms. The molecule has 2 atom stereocenters. The number of hydrogen-bond donors (Lipinski definition) is 1. The Bertz CT molecular complexity index is 1290. The molecule has 5 nitrogen and oxygen atoms in total. The fraction of sp³-hybridized carbons (Fsp3) is 0.267. The molecule has 1 aliphatic rings. The van der Waals surface area contributed by atoms with E-state index >= 15 is 0 Å². The number of ether oxygens (including phenoxy) is 1. The number of fused-ring (bicyclic) bond motifs is 1. The van der Waals surface area contributed by atoms with Crippen LogP contribution in [-0.2, 0) is 25.8 Å². The molecule has 0 bridgehead atoms. The molecule has 0 aliphatic carbocycles. The van der Waals surface area contributed by atoms with Gasteiger partial charge < -0.3 is 14.2 Å². The van der Waals surface area contributed by atoms with Crippen LogP contribution in [0.5, 0.6) is 5.75 Å². The Kier molecular flexibility index (Phi) is 6.65. The number of rotatable bonds is 8. The minimum Gasteiger partial charge on any atom is -0.497 e. The highest BCUT2D eigenvalue weighted by Crippen LogP contribution is 2.38. The summed E-state index contributed by atoms with van der Waals surface area (Å²) >= 11 is 0. The van der Waals surface area contributed by atoms with Gasteiger partial charge in [0.05, 0.1) is 31.8 Å². The van der Waals surface area contributed by atoms with Gasteiger partial charge in [0.15, 0.2) is 11.9 Å². The Morgan fingerprint density at radius 2 is 1.86 bits per heavy atom. The molecule has 0 fully saturated rings. The maximum atomic E-state index is 9.24. The number of aromatic amines is 1. The van der Waals surface area contributed by atoms with Crippen LogP contribution in [0.3, 0.4) is 0 Å². The quantitative estimate of drug-likeness (QED) is 0.357. The maximum Gasteiger partial charge on any atom is 0.165 e. The summed E-state index contributed by atoms with van der Waals surface area (Å²) in [6.07, 6.45) is 6.66. The lowest BCUT2D eigenvalue weighted by Crippen LogP contribution is -2.55. The predicted octanol–water partition coefficient (Wildman–Crippen LogP) is 5.39. The van der Waals surface area contributed by atoms with Gasteiger partial charge in [-0.1, -0.05) is 42.5 Å². The second-order valence-electron chi connectivity index (χ2n) is 9.45. The van der Waals surface area contributed by atoms with E-state index in [2.05, 4.69) is 71.7 Å². The van der Waals surface area contributed by atoms with E-state index in [1.165, 1.54) is 22.3 Å². The van der Waals surface area contributed by atoms with Gasteiger partial charge in [-0.2, -0.15) is 5.26 Å². The van der Waals surface area contributed by atoms with E-state index in [0.717, 1.165) is 55.0 Å². The van der Waals surface area contributed by atoms with Crippen molar-refractivity contribution in [1.82, 2.24) is 9.97 Å². The molecule has 0 saturated heterocycles. The number of methoxy groups -OCH3 is 1. The Labute approximate surface area is 207 Å². The standard InChI is InChI=1S/C30H31N4O/c1-35-28-12-11-27-22-34(18-14-26(27)20-28,17-13-23-5-3-2-4-6-23)29(30-32-15-16-33-30)19-24-7-9-25(21-31)10-8-24/h2-12,15-16,20,29H,13-14,17-19,22H2,1H3,(H,32,33)/q+1/t29-,34+/m0/s1. The molecule has 4 aromatic rings. The Morgan fingerprint density at radius 3 is 2.57 bits per heavy atom. The molecule has 1 aromatic heterocycles. The minimum atomic E-state index is 0.178. The fourth-order valence-corrected chi connectivity index (χ4v) is 5.43. The van der Waals surface area contributed by atoms with Crippen molar-refractivity contribution in [3.63, 3.8) is 0 Å². The van der Waals surface area contributed by atoms with Crippen LogP contribution in [-0.4, -0.2) is 34.7 Å². The first-order valence-corrected chi connectivity index (χ1v) is 12.2. The molecule has 0 unspecified atom stereocenters. The third-order valence-corrected chi connectivity index (χ3v) is 7.42. The van der Waals surface area contributed by atoms with E-state index < -0.39 is 0 Å². The van der Waals surface area contributed by atoms with Gasteiger partial charge in [0.25, 0.3) is 0 Å². The van der Waals surface area contributed by atoms with Crippen LogP contribution < -0.4 is 4.74 Å². The zero-order valence-electron chi connectivity index (χ0n) is 20.2. The van der Waals surface area contributed by atoms with E-state index in [1.807, 2.05) is 24.5 Å². The first-order valence-electron chi connectivity index (χ1n) is 12.2. The van der Waals surface area contributed by atoms with E-state index in [4.69, 9.17) is 9.72 Å². The molecule has 176 valence electrons. The monoisotopic (exact) mass is 463 g/mol. The molecule has 0 amide bonds. The summed E-state index contributed by atoms with van der Waals surface area (Å²) in [5, 5.41) is 9.24. The van der Waals surface area contributed by atoms with Crippen LogP contribution in [0.4, 0.5) is 0 Å². The molecule has 1 N–H and O–H groups in total. The number of hydrogen-bond acceptors (Lipinski definition) is 3. The van der Waals surface area contributed by atoms with Crippen molar-refractivity contribution in [2.45, 2.75) is 31.8 Å². The summed E-state index contributed by atoms with van der Waals surface area (Å²) in [7, 11) is 1.73. The third kappa shape index (κ3) is 4.99. The lowest BCUT2D eigenvalue weighted by Gasteiger charge is -2.47. The molecule has 0 radical (unpaired) electrons. The molecule has 0 spiro atoms. The van der Waals surface area contributed by atoms with Crippen LogP contribution in [0.15, 0.2) is 85.2 Å². The van der Waals surface area contributed by atoms with Gasteiger partial charge in [0, 0.05) is 37.2 Å². The highest BCUT2D eigenvalue weighted by molar-refractivity contribution is 5.37. The van der Waals surface area contributed by atoms with Crippen molar-refractivity contribution in [2.75, 3.05) is 20.2 Å². The lowest BCUT2D eigenvalue weighted by molar-refractivity contribution is -0.971. The van der Waals surface area contributed by atoms with Crippen LogP contribution in [0.1, 0.15) is 39.7 Å². The zero-order valence-corrected chi connectivity index (χ0v) is 20.2. The Hall–Kier alpha value is -3.88. The Morgan fingerprint density at radius 1 is 1.03 bits per heavy atom. The van der Waals surface area contributed by atoms with E-state index in [-0.39, 0.29) is 6.04 Å². The van der Waals surface area contributed by atoms with Crippen molar-refractivity contribution < 1.29 is 9.22 Å². The first kappa shape index (κ1) is 22.9. The summed E-state index contributed by atoms with van der Waals surface area (Å²) in [5.41, 5.74) is 6.05. The van der Waals surface area contributed by atoms with E-state index in [9.17, 15) is 5.26 Å². The number of H-pyrrole nitrogens is 1. The number of nitrogens with one attached hydrogen (secondary N) is 1. The van der Waals surface area contributed by atoms with Gasteiger partial charge in [0.2, 0.25) is 0 Å². The van der Waals surface area contributed by atoms with E-state index in [0.29, 0.717) is 5.56 Å². The predicted molar refractivity (Wildman–Crippen MR) is 137 cm³/mol. The number of imidazole rings is 1. The number of quaternary nitrogens is 1. The average molecular weight is 464 g/mol. The Balaban J connectivity index is 1.53. The summed E-state index contributed by atoms with van der Waals surface area (Å²) in [6.45, 7) is 3.01. The van der Waals surface area contributed by atoms with Gasteiger partial charge >= 0.3 is 0 Å². The average Bonchev–Trinajstić information content (AvgIpc) is 3.46. The summed E-state index contributed by atoms with van der Waals surface area (Å²) < 4.78 is 6.43. The van der Waals surface area contributed by atoms with Gasteiger partial charge in [-0.05, 0) is 47.0 Å². The molecule has 3 aromatic carbocycles. The van der Waals surface area contributed by atoms with Gasteiger partial charge in [-0.3, -0.25) is 0 Å². The van der Waals surface area contributed by atoms with E-state index in [1.54, 1.807) is 7.11 Å². The molecule has 1 aliphatic heterocycles. The largest absolute Gasteiger partial charge is 0.497 e. The normalized spacial score (nSPS) is 17.8. The second kappa shape index (κ2) is 10.2. The zero-order chi connectivity index (χ0) is 24.1. The van der Waals surface area contributed by atoms with Crippen molar-refractivity contribution in [1.29, 1.82) is 5.26 Å². The molecular formula is C30H31N4O+.